The van der Waals surface area contributed by atoms with Crippen LogP contribution < -0.4 is 9.86 Å². The summed E-state index contributed by atoms with van der Waals surface area (Å²) < 4.78 is 26.4. The molecule has 0 unspecified atom stereocenters. The van der Waals surface area contributed by atoms with Crippen molar-refractivity contribution >= 4 is 21.5 Å². The third-order valence-corrected chi connectivity index (χ3v) is 6.22. The Bertz CT molecular complexity index is 1190. The summed E-state index contributed by atoms with van der Waals surface area (Å²) in [6.45, 7) is 4.83. The predicted molar refractivity (Wildman–Crippen MR) is 104 cm³/mol. The number of nitrogens with zero attached hydrogens (tertiary/aromatic N) is 4. The lowest BCUT2D eigenvalue weighted by Crippen LogP contribution is -2.34. The van der Waals surface area contributed by atoms with Crippen molar-refractivity contribution in [3.05, 3.63) is 56.5 Å². The molecule has 8 nitrogen and oxygen atoms in total. The molecule has 1 aliphatic heterocycles. The number of fused-ring (bicyclic) bond motifs is 1. The molecule has 0 radical (unpaired) electrons. The third kappa shape index (κ3) is 3.31. The number of rotatable bonds is 4. The number of hydrogen-bond donors (Lipinski definition) is 0. The van der Waals surface area contributed by atoms with Crippen LogP contribution in [-0.2, 0) is 23.0 Å². The van der Waals surface area contributed by atoms with E-state index in [-0.39, 0.29) is 23.9 Å². The molecule has 146 valence electrons. The molecule has 0 bridgehead atoms. The fourth-order valence-corrected chi connectivity index (χ4v) is 4.78. The van der Waals surface area contributed by atoms with E-state index in [2.05, 4.69) is 5.10 Å². The zero-order chi connectivity index (χ0) is 20.8. The average molecular weight is 400 g/mol. The topological polar surface area (TPSA) is 113 Å². The molecule has 0 saturated carbocycles. The maximum atomic E-state index is 12.7. The fraction of sp³-hybridized carbons (Fsp3) is 0.368. The molecule has 2 heterocycles. The van der Waals surface area contributed by atoms with Crippen molar-refractivity contribution in [1.82, 2.24) is 9.78 Å². The molecule has 28 heavy (non-hydrogen) atoms. The molecular formula is C19H20N4O4S. The Morgan fingerprint density at radius 3 is 2.64 bits per heavy atom. The Kier molecular flexibility index (Phi) is 4.85. The first-order valence-corrected chi connectivity index (χ1v) is 10.5. The van der Waals surface area contributed by atoms with Gasteiger partial charge in [0.15, 0.2) is 5.78 Å². The molecule has 0 fully saturated rings. The molecule has 0 spiro atoms. The Morgan fingerprint density at radius 1 is 1.36 bits per heavy atom. The smallest absolute Gasteiger partial charge is 0.285 e. The van der Waals surface area contributed by atoms with Gasteiger partial charge in [0.25, 0.3) is 5.56 Å². The molecule has 1 aromatic heterocycles. The number of benzene rings is 1. The van der Waals surface area contributed by atoms with E-state index in [0.29, 0.717) is 28.9 Å². The highest BCUT2D eigenvalue weighted by Gasteiger charge is 2.32. The molecular weight excluding hydrogens is 380 g/mol. The van der Waals surface area contributed by atoms with Gasteiger partial charge in [0.1, 0.15) is 18.2 Å². The van der Waals surface area contributed by atoms with Crippen LogP contribution in [0.1, 0.15) is 39.7 Å². The van der Waals surface area contributed by atoms with Gasteiger partial charge in [-0.3, -0.25) is 13.9 Å². The highest BCUT2D eigenvalue weighted by Crippen LogP contribution is 2.34. The highest BCUT2D eigenvalue weighted by atomic mass is 32.2. The first kappa shape index (κ1) is 19.8. The minimum atomic E-state index is -3.41. The highest BCUT2D eigenvalue weighted by molar-refractivity contribution is 7.92. The summed E-state index contributed by atoms with van der Waals surface area (Å²) in [5.41, 5.74) is 2.09. The van der Waals surface area contributed by atoms with Gasteiger partial charge < -0.3 is 0 Å². The number of nitriles is 1. The van der Waals surface area contributed by atoms with Gasteiger partial charge in [0, 0.05) is 11.6 Å². The van der Waals surface area contributed by atoms with E-state index in [1.54, 1.807) is 32.0 Å². The van der Waals surface area contributed by atoms with Crippen LogP contribution in [0, 0.1) is 25.2 Å². The Labute approximate surface area is 163 Å². The van der Waals surface area contributed by atoms with Crippen LogP contribution in [0.4, 0.5) is 5.69 Å². The first-order valence-electron chi connectivity index (χ1n) is 8.68. The third-order valence-electron chi connectivity index (χ3n) is 4.95. The number of anilines is 1. The van der Waals surface area contributed by atoms with Gasteiger partial charge in [-0.15, -0.1) is 0 Å². The number of aryl methyl sites for hydroxylation is 1. The van der Waals surface area contributed by atoms with Crippen LogP contribution in [0.25, 0.3) is 0 Å². The zero-order valence-electron chi connectivity index (χ0n) is 16.1. The summed E-state index contributed by atoms with van der Waals surface area (Å²) in [6.07, 6.45) is 1.66. The fourth-order valence-electron chi connectivity index (χ4n) is 3.52. The summed E-state index contributed by atoms with van der Waals surface area (Å²) >= 11 is 0. The Balaban J connectivity index is 1.95. The largest absolute Gasteiger partial charge is 0.292 e. The number of sulfonamides is 1. The molecule has 0 aliphatic carbocycles. The molecule has 0 N–H and O–H groups in total. The van der Waals surface area contributed by atoms with Gasteiger partial charge >= 0.3 is 0 Å². The lowest BCUT2D eigenvalue weighted by atomic mass is 10.0. The number of aromatic nitrogens is 2. The van der Waals surface area contributed by atoms with E-state index < -0.39 is 15.6 Å². The van der Waals surface area contributed by atoms with Crippen LogP contribution in [-0.4, -0.2) is 36.3 Å². The predicted octanol–water partition coefficient (Wildman–Crippen LogP) is 1.33. The minimum Gasteiger partial charge on any atom is -0.292 e. The number of ketones is 1. The van der Waals surface area contributed by atoms with Crippen molar-refractivity contribution in [2.45, 2.75) is 39.8 Å². The number of carbonyl (C=O) groups excluding carboxylic acids is 1. The summed E-state index contributed by atoms with van der Waals surface area (Å²) in [4.78, 5) is 25.1. The van der Waals surface area contributed by atoms with Gasteiger partial charge in [0.05, 0.1) is 17.6 Å². The number of Topliss-reactive ketones (excluding diaryl/α,β-unsaturated/α-hetero) is 1. The molecule has 1 aromatic carbocycles. The van der Waals surface area contributed by atoms with Crippen molar-refractivity contribution < 1.29 is 13.2 Å². The second-order valence-electron chi connectivity index (χ2n) is 7.04. The van der Waals surface area contributed by atoms with Crippen LogP contribution in [0.5, 0.6) is 0 Å². The molecule has 0 amide bonds. The van der Waals surface area contributed by atoms with Crippen molar-refractivity contribution in [2.75, 3.05) is 10.6 Å². The second kappa shape index (κ2) is 6.87. The monoisotopic (exact) mass is 400 g/mol. The maximum absolute atomic E-state index is 12.7. The van der Waals surface area contributed by atoms with Crippen LogP contribution in [0.15, 0.2) is 23.0 Å². The summed E-state index contributed by atoms with van der Waals surface area (Å²) in [5.74, 6) is -0.338. The summed E-state index contributed by atoms with van der Waals surface area (Å²) in [5, 5.41) is 13.3. The lowest BCUT2D eigenvalue weighted by Gasteiger charge is -2.21. The van der Waals surface area contributed by atoms with Crippen molar-refractivity contribution in [3.63, 3.8) is 0 Å². The molecule has 1 aliphatic rings. The van der Waals surface area contributed by atoms with Crippen molar-refractivity contribution in [1.29, 1.82) is 5.26 Å². The van der Waals surface area contributed by atoms with E-state index in [0.717, 1.165) is 16.5 Å². The normalized spacial score (nSPS) is 16.0. The minimum absolute atomic E-state index is 0.0214. The van der Waals surface area contributed by atoms with Gasteiger partial charge in [-0.1, -0.05) is 0 Å². The molecule has 9 heteroatoms. The second-order valence-corrected chi connectivity index (χ2v) is 8.90. The zero-order valence-corrected chi connectivity index (χ0v) is 16.9. The lowest BCUT2D eigenvalue weighted by molar-refractivity contribution is 0.0965. The molecule has 0 saturated heterocycles. The van der Waals surface area contributed by atoms with Gasteiger partial charge in [0.2, 0.25) is 10.0 Å². The first-order chi connectivity index (χ1) is 13.0. The SMILES string of the molecule is Cc1nn(CC(=O)c2ccc3c(c2)C[C@@H](C)N3S(C)(=O)=O)c(=O)c(C#N)c1C. The van der Waals surface area contributed by atoms with Gasteiger partial charge in [-0.05, 0) is 56.5 Å². The molecule has 1 atom stereocenters. The Hall–Kier alpha value is -2.99. The number of hydrogen-bond acceptors (Lipinski definition) is 6. The summed E-state index contributed by atoms with van der Waals surface area (Å²) in [7, 11) is -3.41. The Morgan fingerprint density at radius 2 is 2.04 bits per heavy atom. The average Bonchev–Trinajstić information content (AvgIpc) is 2.95. The van der Waals surface area contributed by atoms with Crippen molar-refractivity contribution in [3.8, 4) is 6.07 Å². The standard InChI is InChI=1S/C19H20N4O4S/c1-11-7-15-8-14(5-6-17(15)23(11)28(4,26)27)18(24)10-22-19(25)16(9-20)12(2)13(3)21-22/h5-6,8,11H,7,10H2,1-4H3/t11-/m1/s1. The van der Waals surface area contributed by atoms with Gasteiger partial charge in [-0.2, -0.15) is 10.4 Å². The summed E-state index contributed by atoms with van der Waals surface area (Å²) in [6, 6.07) is 6.47. The molecule has 3 rings (SSSR count). The number of carbonyl (C=O) groups is 1. The van der Waals surface area contributed by atoms with Gasteiger partial charge in [-0.25, -0.2) is 13.1 Å². The van der Waals surface area contributed by atoms with E-state index >= 15 is 0 Å². The van der Waals surface area contributed by atoms with E-state index in [1.165, 1.54) is 4.31 Å². The van der Waals surface area contributed by atoms with E-state index in [4.69, 9.17) is 0 Å². The molecule has 2 aromatic rings. The van der Waals surface area contributed by atoms with E-state index in [9.17, 15) is 23.3 Å². The van der Waals surface area contributed by atoms with Crippen LogP contribution >= 0.6 is 0 Å². The van der Waals surface area contributed by atoms with E-state index in [1.807, 2.05) is 13.0 Å². The maximum Gasteiger partial charge on any atom is 0.285 e. The van der Waals surface area contributed by atoms with Crippen LogP contribution in [0.3, 0.4) is 0 Å². The quantitative estimate of drug-likeness (QED) is 0.716. The van der Waals surface area contributed by atoms with Crippen LogP contribution in [0.2, 0.25) is 0 Å². The van der Waals surface area contributed by atoms with Crippen molar-refractivity contribution in [2.24, 2.45) is 0 Å².